The first-order valence-electron chi connectivity index (χ1n) is 4.88. The highest BCUT2D eigenvalue weighted by Gasteiger charge is 2.19. The average molecular weight is 186 g/mol. The van der Waals surface area contributed by atoms with Crippen LogP contribution in [-0.2, 0) is 4.79 Å². The van der Waals surface area contributed by atoms with Gasteiger partial charge in [-0.1, -0.05) is 6.92 Å². The van der Waals surface area contributed by atoms with Crippen LogP contribution in [-0.4, -0.2) is 48.2 Å². The Kier molecular flexibility index (Phi) is 4.18. The molecule has 0 aliphatic carbocycles. The van der Waals surface area contributed by atoms with Gasteiger partial charge in [0.25, 0.3) is 0 Å². The highest BCUT2D eigenvalue weighted by molar-refractivity contribution is 5.78. The quantitative estimate of drug-likeness (QED) is 0.629. The molecule has 4 nitrogen and oxygen atoms in total. The molecule has 1 fully saturated rings. The standard InChI is InChI=1S/C9H18N2O2/c1-2-8-3-4-11(5-6-12)7-9(13)10-8/h8,12H,2-7H2,1H3,(H,10,13). The zero-order valence-corrected chi connectivity index (χ0v) is 8.12. The normalized spacial score (nSPS) is 25.4. The van der Waals surface area contributed by atoms with Crippen LogP contribution in [0.5, 0.6) is 0 Å². The van der Waals surface area contributed by atoms with E-state index in [-0.39, 0.29) is 12.5 Å². The van der Waals surface area contributed by atoms with Gasteiger partial charge in [0.05, 0.1) is 13.2 Å². The summed E-state index contributed by atoms with van der Waals surface area (Å²) < 4.78 is 0. The number of β-amino-alcohol motifs (C(OH)–C–C–N with tert-alkyl or cyclic N) is 1. The van der Waals surface area contributed by atoms with Gasteiger partial charge in [-0.05, 0) is 12.8 Å². The summed E-state index contributed by atoms with van der Waals surface area (Å²) in [5.74, 6) is 0.0813. The molecule has 0 aromatic carbocycles. The predicted octanol–water partition coefficient (Wildman–Crippen LogP) is -0.421. The molecule has 1 aliphatic heterocycles. The second-order valence-corrected chi connectivity index (χ2v) is 3.46. The fourth-order valence-corrected chi connectivity index (χ4v) is 1.60. The smallest absolute Gasteiger partial charge is 0.234 e. The van der Waals surface area contributed by atoms with Crippen LogP contribution in [0.1, 0.15) is 19.8 Å². The molecular weight excluding hydrogens is 168 g/mol. The summed E-state index contributed by atoms with van der Waals surface area (Å²) in [6, 6.07) is 0.316. The third-order valence-corrected chi connectivity index (χ3v) is 2.44. The van der Waals surface area contributed by atoms with Crippen molar-refractivity contribution < 1.29 is 9.90 Å². The molecule has 0 aromatic heterocycles. The molecule has 4 heteroatoms. The molecule has 0 saturated carbocycles. The molecule has 2 N–H and O–H groups in total. The minimum atomic E-state index is 0.0813. The summed E-state index contributed by atoms with van der Waals surface area (Å²) in [5, 5.41) is 11.7. The molecule has 76 valence electrons. The van der Waals surface area contributed by atoms with E-state index in [0.29, 0.717) is 19.1 Å². The van der Waals surface area contributed by atoms with Crippen molar-refractivity contribution in [3.63, 3.8) is 0 Å². The number of nitrogens with zero attached hydrogens (tertiary/aromatic N) is 1. The lowest BCUT2D eigenvalue weighted by Gasteiger charge is -2.16. The van der Waals surface area contributed by atoms with Gasteiger partial charge < -0.3 is 10.4 Å². The SMILES string of the molecule is CCC1CCN(CCO)CC(=O)N1. The highest BCUT2D eigenvalue weighted by Crippen LogP contribution is 2.04. The molecule has 0 spiro atoms. The number of amides is 1. The lowest BCUT2D eigenvalue weighted by molar-refractivity contribution is -0.122. The zero-order valence-electron chi connectivity index (χ0n) is 8.12. The molecule has 1 amide bonds. The van der Waals surface area contributed by atoms with Crippen molar-refractivity contribution in [1.82, 2.24) is 10.2 Å². The first-order valence-corrected chi connectivity index (χ1v) is 4.88. The fraction of sp³-hybridized carbons (Fsp3) is 0.889. The second kappa shape index (κ2) is 5.19. The molecule has 0 aromatic rings. The molecular formula is C9H18N2O2. The van der Waals surface area contributed by atoms with E-state index in [2.05, 4.69) is 12.2 Å². The Hall–Kier alpha value is -0.610. The Labute approximate surface area is 78.9 Å². The van der Waals surface area contributed by atoms with Gasteiger partial charge in [0, 0.05) is 19.1 Å². The number of carbonyl (C=O) groups is 1. The number of hydrogen-bond donors (Lipinski definition) is 2. The van der Waals surface area contributed by atoms with Crippen molar-refractivity contribution in [1.29, 1.82) is 0 Å². The van der Waals surface area contributed by atoms with Crippen LogP contribution >= 0.6 is 0 Å². The first-order chi connectivity index (χ1) is 6.26. The van der Waals surface area contributed by atoms with Crippen LogP contribution in [0.4, 0.5) is 0 Å². The van der Waals surface area contributed by atoms with Crippen molar-refractivity contribution in [2.45, 2.75) is 25.8 Å². The third kappa shape index (κ3) is 3.32. The van der Waals surface area contributed by atoms with Gasteiger partial charge >= 0.3 is 0 Å². The van der Waals surface area contributed by atoms with Crippen molar-refractivity contribution in [2.24, 2.45) is 0 Å². The number of hydrogen-bond acceptors (Lipinski definition) is 3. The molecule has 1 aliphatic rings. The van der Waals surface area contributed by atoms with E-state index in [1.807, 2.05) is 4.90 Å². The monoisotopic (exact) mass is 186 g/mol. The summed E-state index contributed by atoms with van der Waals surface area (Å²) in [4.78, 5) is 13.3. The van der Waals surface area contributed by atoms with Crippen LogP contribution in [0.2, 0.25) is 0 Å². The summed E-state index contributed by atoms with van der Waals surface area (Å²) in [5.41, 5.74) is 0. The van der Waals surface area contributed by atoms with Gasteiger partial charge in [-0.2, -0.15) is 0 Å². The van der Waals surface area contributed by atoms with Gasteiger partial charge in [-0.15, -0.1) is 0 Å². The van der Waals surface area contributed by atoms with Gasteiger partial charge in [-0.25, -0.2) is 0 Å². The number of nitrogens with one attached hydrogen (secondary N) is 1. The average Bonchev–Trinajstić information content (AvgIpc) is 2.28. The van der Waals surface area contributed by atoms with Crippen LogP contribution < -0.4 is 5.32 Å². The Bertz CT molecular complexity index is 173. The van der Waals surface area contributed by atoms with Crippen molar-refractivity contribution in [2.75, 3.05) is 26.2 Å². The molecule has 1 unspecified atom stereocenters. The van der Waals surface area contributed by atoms with E-state index in [1.54, 1.807) is 0 Å². The number of rotatable bonds is 3. The van der Waals surface area contributed by atoms with Crippen molar-refractivity contribution in [3.8, 4) is 0 Å². The Morgan fingerprint density at radius 3 is 3.08 bits per heavy atom. The van der Waals surface area contributed by atoms with Gasteiger partial charge in [0.15, 0.2) is 0 Å². The van der Waals surface area contributed by atoms with Crippen LogP contribution in [0.3, 0.4) is 0 Å². The fourth-order valence-electron chi connectivity index (χ4n) is 1.60. The Morgan fingerprint density at radius 2 is 2.46 bits per heavy atom. The lowest BCUT2D eigenvalue weighted by atomic mass is 10.1. The highest BCUT2D eigenvalue weighted by atomic mass is 16.3. The van der Waals surface area contributed by atoms with Crippen LogP contribution in [0, 0.1) is 0 Å². The van der Waals surface area contributed by atoms with Crippen molar-refractivity contribution in [3.05, 3.63) is 0 Å². The minimum absolute atomic E-state index is 0.0813. The molecule has 1 rings (SSSR count). The summed E-state index contributed by atoms with van der Waals surface area (Å²) in [6.07, 6.45) is 1.97. The van der Waals surface area contributed by atoms with E-state index in [0.717, 1.165) is 19.4 Å². The summed E-state index contributed by atoms with van der Waals surface area (Å²) in [6.45, 7) is 4.13. The maximum absolute atomic E-state index is 11.3. The molecule has 0 radical (unpaired) electrons. The Balaban J connectivity index is 2.43. The first kappa shape index (κ1) is 10.5. The maximum Gasteiger partial charge on any atom is 0.234 e. The molecule has 13 heavy (non-hydrogen) atoms. The maximum atomic E-state index is 11.3. The molecule has 1 atom stereocenters. The van der Waals surface area contributed by atoms with Crippen LogP contribution in [0.25, 0.3) is 0 Å². The Morgan fingerprint density at radius 1 is 1.69 bits per heavy atom. The number of carbonyl (C=O) groups excluding carboxylic acids is 1. The zero-order chi connectivity index (χ0) is 9.68. The minimum Gasteiger partial charge on any atom is -0.395 e. The summed E-state index contributed by atoms with van der Waals surface area (Å²) in [7, 11) is 0. The topological polar surface area (TPSA) is 52.6 Å². The van der Waals surface area contributed by atoms with E-state index in [4.69, 9.17) is 5.11 Å². The predicted molar refractivity (Wildman–Crippen MR) is 50.4 cm³/mol. The van der Waals surface area contributed by atoms with E-state index in [1.165, 1.54) is 0 Å². The number of aliphatic hydroxyl groups is 1. The lowest BCUT2D eigenvalue weighted by Crippen LogP contribution is -2.37. The van der Waals surface area contributed by atoms with Gasteiger partial charge in [-0.3, -0.25) is 9.69 Å². The van der Waals surface area contributed by atoms with Crippen molar-refractivity contribution >= 4 is 5.91 Å². The molecule has 1 heterocycles. The number of aliphatic hydroxyl groups excluding tert-OH is 1. The van der Waals surface area contributed by atoms with E-state index >= 15 is 0 Å². The third-order valence-electron chi connectivity index (χ3n) is 2.44. The van der Waals surface area contributed by atoms with E-state index in [9.17, 15) is 4.79 Å². The van der Waals surface area contributed by atoms with Gasteiger partial charge in [0.1, 0.15) is 0 Å². The van der Waals surface area contributed by atoms with E-state index < -0.39 is 0 Å². The summed E-state index contributed by atoms with van der Waals surface area (Å²) >= 11 is 0. The molecule has 1 saturated heterocycles. The van der Waals surface area contributed by atoms with Crippen LogP contribution in [0.15, 0.2) is 0 Å². The largest absolute Gasteiger partial charge is 0.395 e. The second-order valence-electron chi connectivity index (χ2n) is 3.46. The van der Waals surface area contributed by atoms with Gasteiger partial charge in [0.2, 0.25) is 5.91 Å². The molecule has 0 bridgehead atoms.